The summed E-state index contributed by atoms with van der Waals surface area (Å²) >= 11 is 0. The first-order valence-corrected chi connectivity index (χ1v) is 9.67. The number of benzene rings is 1. The molecule has 1 aliphatic carbocycles. The smallest absolute Gasteiger partial charge is 0.316 e. The second-order valence-electron chi connectivity index (χ2n) is 7.44. The van der Waals surface area contributed by atoms with Gasteiger partial charge in [0.2, 0.25) is 0 Å². The molecule has 0 saturated heterocycles. The Kier molecular flexibility index (Phi) is 6.59. The summed E-state index contributed by atoms with van der Waals surface area (Å²) < 4.78 is 5.77. The van der Waals surface area contributed by atoms with Crippen LogP contribution in [0, 0.1) is 17.8 Å². The molecule has 1 heterocycles. The van der Waals surface area contributed by atoms with Crippen molar-refractivity contribution in [3.05, 3.63) is 53.3 Å². The number of carbonyl (C=O) groups excluding carboxylic acids is 1. The SMILES string of the molecule is CC(=O)CC(C)Cc1ccc(C#Cc2cnc(OC3CCCC3)nc2)cc1. The molecule has 1 aromatic heterocycles. The van der Waals surface area contributed by atoms with Crippen LogP contribution in [0.15, 0.2) is 36.7 Å². The quantitative estimate of drug-likeness (QED) is 0.717. The first-order valence-electron chi connectivity index (χ1n) is 9.67. The maximum atomic E-state index is 11.2. The molecule has 2 aromatic rings. The Bertz CT molecular complexity index is 810. The van der Waals surface area contributed by atoms with Crippen LogP contribution < -0.4 is 4.74 Å². The molecule has 0 amide bonds. The second-order valence-corrected chi connectivity index (χ2v) is 7.44. The standard InChI is InChI=1S/C23H26N2O2/c1-17(13-18(2)26)14-20-10-7-19(8-11-20)9-12-21-15-24-23(25-16-21)27-22-5-3-4-6-22/h7-8,10-11,15-17,22H,3-6,13-14H2,1-2H3. The Morgan fingerprint density at radius 1 is 1.11 bits per heavy atom. The fraction of sp³-hybridized carbons (Fsp3) is 0.435. The molecule has 1 aromatic carbocycles. The highest BCUT2D eigenvalue weighted by Gasteiger charge is 2.17. The lowest BCUT2D eigenvalue weighted by atomic mass is 9.96. The maximum absolute atomic E-state index is 11.2. The molecule has 4 heteroatoms. The zero-order chi connectivity index (χ0) is 19.1. The summed E-state index contributed by atoms with van der Waals surface area (Å²) in [5.74, 6) is 6.84. The van der Waals surface area contributed by atoms with Crippen LogP contribution in [0.1, 0.15) is 62.6 Å². The summed E-state index contributed by atoms with van der Waals surface area (Å²) in [6.45, 7) is 3.75. The van der Waals surface area contributed by atoms with E-state index in [-0.39, 0.29) is 11.9 Å². The van der Waals surface area contributed by atoms with Gasteiger partial charge in [-0.05, 0) is 62.6 Å². The number of ether oxygens (including phenoxy) is 1. The average Bonchev–Trinajstić information content (AvgIpc) is 3.15. The molecule has 4 nitrogen and oxygen atoms in total. The lowest BCUT2D eigenvalue weighted by Gasteiger charge is -2.10. The first kappa shape index (κ1) is 19.1. The maximum Gasteiger partial charge on any atom is 0.316 e. The monoisotopic (exact) mass is 362 g/mol. The van der Waals surface area contributed by atoms with Crippen molar-refractivity contribution in [2.75, 3.05) is 0 Å². The van der Waals surface area contributed by atoms with Crippen molar-refractivity contribution in [2.45, 2.75) is 58.5 Å². The minimum Gasteiger partial charge on any atom is -0.460 e. The van der Waals surface area contributed by atoms with Gasteiger partial charge in [-0.15, -0.1) is 0 Å². The molecule has 1 fully saturated rings. The van der Waals surface area contributed by atoms with E-state index in [2.05, 4.69) is 40.9 Å². The van der Waals surface area contributed by atoms with E-state index in [9.17, 15) is 4.79 Å². The van der Waals surface area contributed by atoms with Gasteiger partial charge in [0.15, 0.2) is 0 Å². The van der Waals surface area contributed by atoms with E-state index < -0.39 is 0 Å². The van der Waals surface area contributed by atoms with E-state index in [0.29, 0.717) is 18.3 Å². The number of ketones is 1. The number of rotatable bonds is 6. The Hall–Kier alpha value is -2.67. The van der Waals surface area contributed by atoms with Gasteiger partial charge in [-0.3, -0.25) is 0 Å². The van der Waals surface area contributed by atoms with E-state index in [1.54, 1.807) is 19.3 Å². The van der Waals surface area contributed by atoms with Gasteiger partial charge in [0.25, 0.3) is 0 Å². The predicted octanol–water partition coefficient (Wildman–Crippen LogP) is 4.36. The number of Topliss-reactive ketones (excluding diaryl/α,β-unsaturated/α-hetero) is 1. The molecule has 0 radical (unpaired) electrons. The van der Waals surface area contributed by atoms with Gasteiger partial charge in [-0.2, -0.15) is 0 Å². The Labute approximate surface area is 161 Å². The highest BCUT2D eigenvalue weighted by atomic mass is 16.5. The third-order valence-corrected chi connectivity index (χ3v) is 4.73. The lowest BCUT2D eigenvalue weighted by molar-refractivity contribution is -0.117. The molecule has 0 bridgehead atoms. The van der Waals surface area contributed by atoms with E-state index in [4.69, 9.17) is 4.74 Å². The van der Waals surface area contributed by atoms with Crippen LogP contribution in [0.3, 0.4) is 0 Å². The van der Waals surface area contributed by atoms with E-state index >= 15 is 0 Å². The third-order valence-electron chi connectivity index (χ3n) is 4.73. The highest BCUT2D eigenvalue weighted by molar-refractivity contribution is 5.75. The van der Waals surface area contributed by atoms with Crippen molar-refractivity contribution in [1.82, 2.24) is 9.97 Å². The summed E-state index contributed by atoms with van der Waals surface area (Å²) in [4.78, 5) is 19.7. The van der Waals surface area contributed by atoms with E-state index in [1.807, 2.05) is 12.1 Å². The summed E-state index contributed by atoms with van der Waals surface area (Å²) in [6, 6.07) is 8.63. The fourth-order valence-corrected chi connectivity index (χ4v) is 3.43. The van der Waals surface area contributed by atoms with E-state index in [1.165, 1.54) is 18.4 Å². The Balaban J connectivity index is 1.56. The molecule has 140 valence electrons. The van der Waals surface area contributed by atoms with Gasteiger partial charge in [-0.1, -0.05) is 30.9 Å². The van der Waals surface area contributed by atoms with Crippen LogP contribution in [0.25, 0.3) is 0 Å². The van der Waals surface area contributed by atoms with Crippen LogP contribution in [-0.2, 0) is 11.2 Å². The summed E-state index contributed by atoms with van der Waals surface area (Å²) in [5, 5.41) is 0. The number of hydrogen-bond donors (Lipinski definition) is 0. The van der Waals surface area contributed by atoms with Crippen LogP contribution in [-0.4, -0.2) is 21.9 Å². The van der Waals surface area contributed by atoms with Crippen LogP contribution in [0.4, 0.5) is 0 Å². The zero-order valence-electron chi connectivity index (χ0n) is 16.1. The van der Waals surface area contributed by atoms with Gasteiger partial charge in [0, 0.05) is 24.4 Å². The molecule has 1 saturated carbocycles. The van der Waals surface area contributed by atoms with Crippen LogP contribution in [0.2, 0.25) is 0 Å². The molecule has 3 rings (SSSR count). The number of carbonyl (C=O) groups is 1. The average molecular weight is 362 g/mol. The normalized spacial score (nSPS) is 15.0. The van der Waals surface area contributed by atoms with Gasteiger partial charge in [0.05, 0.1) is 5.56 Å². The molecule has 0 spiro atoms. The molecule has 1 atom stereocenters. The van der Waals surface area contributed by atoms with Gasteiger partial charge < -0.3 is 9.53 Å². The minimum atomic E-state index is 0.242. The molecule has 1 unspecified atom stereocenters. The fourth-order valence-electron chi connectivity index (χ4n) is 3.43. The zero-order valence-corrected chi connectivity index (χ0v) is 16.1. The molecule has 0 aliphatic heterocycles. The van der Waals surface area contributed by atoms with Crippen molar-refractivity contribution >= 4 is 5.78 Å². The predicted molar refractivity (Wildman–Crippen MR) is 106 cm³/mol. The summed E-state index contributed by atoms with van der Waals surface area (Å²) in [5.41, 5.74) is 2.95. The molecule has 1 aliphatic rings. The molecular weight excluding hydrogens is 336 g/mol. The van der Waals surface area contributed by atoms with Gasteiger partial charge >= 0.3 is 6.01 Å². The van der Waals surface area contributed by atoms with Crippen molar-refractivity contribution < 1.29 is 9.53 Å². The number of aromatic nitrogens is 2. The molecule has 27 heavy (non-hydrogen) atoms. The first-order chi connectivity index (χ1) is 13.1. The highest BCUT2D eigenvalue weighted by Crippen LogP contribution is 2.21. The third kappa shape index (κ3) is 6.21. The van der Waals surface area contributed by atoms with Crippen molar-refractivity contribution in [3.63, 3.8) is 0 Å². The number of hydrogen-bond acceptors (Lipinski definition) is 4. The lowest BCUT2D eigenvalue weighted by Crippen LogP contribution is -2.12. The van der Waals surface area contributed by atoms with Crippen molar-refractivity contribution in [2.24, 2.45) is 5.92 Å². The molecular formula is C23H26N2O2. The Morgan fingerprint density at radius 2 is 1.74 bits per heavy atom. The van der Waals surface area contributed by atoms with E-state index in [0.717, 1.165) is 30.4 Å². The summed E-state index contributed by atoms with van der Waals surface area (Å²) in [6.07, 6.45) is 9.85. The van der Waals surface area contributed by atoms with Gasteiger partial charge in [0.1, 0.15) is 11.9 Å². The van der Waals surface area contributed by atoms with Crippen molar-refractivity contribution in [1.29, 1.82) is 0 Å². The van der Waals surface area contributed by atoms with Gasteiger partial charge in [-0.25, -0.2) is 9.97 Å². The largest absolute Gasteiger partial charge is 0.460 e. The Morgan fingerprint density at radius 3 is 2.37 bits per heavy atom. The van der Waals surface area contributed by atoms with Crippen molar-refractivity contribution in [3.8, 4) is 17.9 Å². The number of nitrogens with zero attached hydrogens (tertiary/aromatic N) is 2. The van der Waals surface area contributed by atoms with Crippen LogP contribution in [0.5, 0.6) is 6.01 Å². The second kappa shape index (κ2) is 9.32. The minimum absolute atomic E-state index is 0.242. The molecule has 0 N–H and O–H groups in total. The topological polar surface area (TPSA) is 52.1 Å². The summed E-state index contributed by atoms with van der Waals surface area (Å²) in [7, 11) is 0. The van der Waals surface area contributed by atoms with Crippen LogP contribution >= 0.6 is 0 Å².